The number of carbonyl (C=O) groups excluding carboxylic acids is 2. The van der Waals surface area contributed by atoms with Crippen molar-refractivity contribution in [3.63, 3.8) is 0 Å². The first-order valence-electron chi connectivity index (χ1n) is 9.60. The maximum absolute atomic E-state index is 13.1. The van der Waals surface area contributed by atoms with Crippen LogP contribution in [0, 0.1) is 6.92 Å². The Labute approximate surface area is 180 Å². The zero-order chi connectivity index (χ0) is 22.6. The highest BCUT2D eigenvalue weighted by Crippen LogP contribution is 2.31. The molecule has 1 aromatic carbocycles. The summed E-state index contributed by atoms with van der Waals surface area (Å²) in [5.74, 6) is 0.404. The number of sulfonamides is 1. The summed E-state index contributed by atoms with van der Waals surface area (Å²) >= 11 is 0. The van der Waals surface area contributed by atoms with Gasteiger partial charge in [-0.2, -0.15) is 4.31 Å². The minimum atomic E-state index is -3.84. The summed E-state index contributed by atoms with van der Waals surface area (Å²) in [4.78, 5) is 26.1. The van der Waals surface area contributed by atoms with E-state index in [0.29, 0.717) is 17.1 Å². The van der Waals surface area contributed by atoms with Crippen LogP contribution < -0.4 is 14.8 Å². The van der Waals surface area contributed by atoms with Gasteiger partial charge in [0, 0.05) is 32.2 Å². The molecule has 1 saturated heterocycles. The smallest absolute Gasteiger partial charge is 0.255 e. The van der Waals surface area contributed by atoms with E-state index in [1.165, 1.54) is 47.9 Å². The van der Waals surface area contributed by atoms with Gasteiger partial charge >= 0.3 is 0 Å². The van der Waals surface area contributed by atoms with Gasteiger partial charge in [0.2, 0.25) is 15.9 Å². The third-order valence-electron chi connectivity index (χ3n) is 5.08. The molecule has 1 aliphatic rings. The number of rotatable bonds is 7. The van der Waals surface area contributed by atoms with E-state index in [2.05, 4.69) is 5.32 Å². The molecular weight excluding hydrogens is 426 g/mol. The lowest BCUT2D eigenvalue weighted by atomic mass is 10.2. The highest BCUT2D eigenvalue weighted by Gasteiger charge is 2.32. The number of carbonyl (C=O) groups is 2. The van der Waals surface area contributed by atoms with E-state index in [-0.39, 0.29) is 49.3 Å². The van der Waals surface area contributed by atoms with Crippen LogP contribution >= 0.6 is 0 Å². The number of benzene rings is 1. The first-order chi connectivity index (χ1) is 14.8. The van der Waals surface area contributed by atoms with Crippen LogP contribution in [0.3, 0.4) is 0 Å². The van der Waals surface area contributed by atoms with Crippen molar-refractivity contribution in [3.05, 3.63) is 41.9 Å². The molecule has 1 aromatic heterocycles. The summed E-state index contributed by atoms with van der Waals surface area (Å²) in [6.07, 6.45) is 1.41. The molecule has 1 aliphatic heterocycles. The maximum Gasteiger partial charge on any atom is 0.255 e. The summed E-state index contributed by atoms with van der Waals surface area (Å²) in [7, 11) is -0.983. The number of hydrogen-bond donors (Lipinski definition) is 1. The zero-order valence-electron chi connectivity index (χ0n) is 17.6. The van der Waals surface area contributed by atoms with Crippen molar-refractivity contribution in [1.82, 2.24) is 14.5 Å². The number of amides is 2. The molecule has 0 unspecified atom stereocenters. The molecule has 0 saturated carbocycles. The molecule has 168 valence electrons. The fraction of sp³-hybridized carbons (Fsp3) is 0.400. The standard InChI is InChI=1S/C20H25N3O7S/c1-14-16(6-11-30-14)20(25)21-13-19(24)22-7-9-23(10-8-22)31(26,27)18-12-15(28-2)4-5-17(18)29-3/h4-6,11-12H,7-10,13H2,1-3H3,(H,21,25). The van der Waals surface area contributed by atoms with E-state index in [1.807, 2.05) is 0 Å². The Morgan fingerprint density at radius 3 is 2.39 bits per heavy atom. The Morgan fingerprint density at radius 1 is 1.10 bits per heavy atom. The van der Waals surface area contributed by atoms with Gasteiger partial charge in [-0.05, 0) is 25.1 Å². The number of furan rings is 1. The number of nitrogens with one attached hydrogen (secondary N) is 1. The average Bonchev–Trinajstić information content (AvgIpc) is 3.22. The monoisotopic (exact) mass is 451 g/mol. The van der Waals surface area contributed by atoms with Gasteiger partial charge < -0.3 is 24.1 Å². The van der Waals surface area contributed by atoms with Gasteiger partial charge in [0.25, 0.3) is 5.91 Å². The molecule has 0 aliphatic carbocycles. The summed E-state index contributed by atoms with van der Waals surface area (Å²) < 4.78 is 42.9. The lowest BCUT2D eigenvalue weighted by Gasteiger charge is -2.34. The van der Waals surface area contributed by atoms with Gasteiger partial charge in [0.15, 0.2) is 0 Å². The van der Waals surface area contributed by atoms with Crippen LogP contribution in [0.4, 0.5) is 0 Å². The molecule has 1 N–H and O–H groups in total. The van der Waals surface area contributed by atoms with Gasteiger partial charge in [-0.3, -0.25) is 9.59 Å². The van der Waals surface area contributed by atoms with Gasteiger partial charge in [-0.25, -0.2) is 8.42 Å². The molecule has 3 rings (SSSR count). The minimum absolute atomic E-state index is 0.0110. The van der Waals surface area contributed by atoms with Crippen molar-refractivity contribution in [1.29, 1.82) is 0 Å². The van der Waals surface area contributed by atoms with Gasteiger partial charge in [-0.15, -0.1) is 0 Å². The number of nitrogens with zero attached hydrogens (tertiary/aromatic N) is 2. The number of ether oxygens (including phenoxy) is 2. The predicted molar refractivity (Wildman–Crippen MR) is 111 cm³/mol. The first kappa shape index (κ1) is 22.6. The second-order valence-corrected chi connectivity index (χ2v) is 8.78. The largest absolute Gasteiger partial charge is 0.497 e. The second-order valence-electron chi connectivity index (χ2n) is 6.87. The Balaban J connectivity index is 1.60. The molecule has 1 fully saturated rings. The van der Waals surface area contributed by atoms with Gasteiger partial charge in [-0.1, -0.05) is 0 Å². The molecule has 0 bridgehead atoms. The van der Waals surface area contributed by atoms with Crippen LogP contribution in [0.5, 0.6) is 11.5 Å². The summed E-state index contributed by atoms with van der Waals surface area (Å²) in [6, 6.07) is 6.11. The molecule has 31 heavy (non-hydrogen) atoms. The third kappa shape index (κ3) is 4.83. The van der Waals surface area contributed by atoms with E-state index in [1.54, 1.807) is 13.0 Å². The first-order valence-corrected chi connectivity index (χ1v) is 11.0. The molecule has 2 amide bonds. The molecule has 2 heterocycles. The minimum Gasteiger partial charge on any atom is -0.497 e. The number of aryl methyl sites for hydroxylation is 1. The summed E-state index contributed by atoms with van der Waals surface area (Å²) in [6.45, 7) is 2.16. The highest BCUT2D eigenvalue weighted by molar-refractivity contribution is 7.89. The SMILES string of the molecule is COc1ccc(OC)c(S(=O)(=O)N2CCN(C(=O)CNC(=O)c3ccoc3C)CC2)c1. The van der Waals surface area contributed by atoms with E-state index in [4.69, 9.17) is 13.9 Å². The predicted octanol–water partition coefficient (Wildman–Crippen LogP) is 0.868. The van der Waals surface area contributed by atoms with E-state index in [9.17, 15) is 18.0 Å². The van der Waals surface area contributed by atoms with Crippen LogP contribution in [0.2, 0.25) is 0 Å². The molecule has 11 heteroatoms. The molecule has 0 spiro atoms. The highest BCUT2D eigenvalue weighted by atomic mass is 32.2. The van der Waals surface area contributed by atoms with Crippen LogP contribution in [0.15, 0.2) is 39.8 Å². The molecule has 10 nitrogen and oxygen atoms in total. The number of hydrogen-bond acceptors (Lipinski definition) is 7. The van der Waals surface area contributed by atoms with E-state index >= 15 is 0 Å². The van der Waals surface area contributed by atoms with E-state index in [0.717, 1.165) is 0 Å². The Hall–Kier alpha value is -3.05. The zero-order valence-corrected chi connectivity index (χ0v) is 18.4. The van der Waals surface area contributed by atoms with Gasteiger partial charge in [0.1, 0.15) is 22.2 Å². The van der Waals surface area contributed by atoms with Crippen molar-refractivity contribution in [2.45, 2.75) is 11.8 Å². The quantitative estimate of drug-likeness (QED) is 0.663. The van der Waals surface area contributed by atoms with Crippen molar-refractivity contribution in [2.24, 2.45) is 0 Å². The summed E-state index contributed by atoms with van der Waals surface area (Å²) in [5.41, 5.74) is 0.371. The number of piperazine rings is 1. The maximum atomic E-state index is 13.1. The summed E-state index contributed by atoms with van der Waals surface area (Å²) in [5, 5.41) is 2.57. The second kappa shape index (κ2) is 9.40. The fourth-order valence-electron chi connectivity index (χ4n) is 3.29. The van der Waals surface area contributed by atoms with Crippen molar-refractivity contribution < 1.29 is 31.9 Å². The third-order valence-corrected chi connectivity index (χ3v) is 7.00. The van der Waals surface area contributed by atoms with Crippen LogP contribution in [-0.4, -0.2) is 76.4 Å². The molecule has 2 aromatic rings. The molecule has 0 radical (unpaired) electrons. The Morgan fingerprint density at radius 2 is 1.81 bits per heavy atom. The average molecular weight is 452 g/mol. The number of methoxy groups -OCH3 is 2. The normalized spacial score (nSPS) is 14.9. The fourth-order valence-corrected chi connectivity index (χ4v) is 4.88. The van der Waals surface area contributed by atoms with Crippen LogP contribution in [-0.2, 0) is 14.8 Å². The van der Waals surface area contributed by atoms with Crippen LogP contribution in [0.25, 0.3) is 0 Å². The van der Waals surface area contributed by atoms with E-state index < -0.39 is 15.9 Å². The van der Waals surface area contributed by atoms with Crippen LogP contribution in [0.1, 0.15) is 16.1 Å². The topological polar surface area (TPSA) is 118 Å². The lowest BCUT2D eigenvalue weighted by molar-refractivity contribution is -0.131. The van der Waals surface area contributed by atoms with Crippen molar-refractivity contribution in [2.75, 3.05) is 46.9 Å². The van der Waals surface area contributed by atoms with Crippen molar-refractivity contribution in [3.8, 4) is 11.5 Å². The van der Waals surface area contributed by atoms with Crippen molar-refractivity contribution >= 4 is 21.8 Å². The van der Waals surface area contributed by atoms with Gasteiger partial charge in [0.05, 0.1) is 32.6 Å². The molecular formula is C20H25N3O7S. The Kier molecular flexibility index (Phi) is 6.86. The Bertz CT molecular complexity index is 1060. The lowest BCUT2D eigenvalue weighted by Crippen LogP contribution is -2.52. The molecule has 0 atom stereocenters.